The summed E-state index contributed by atoms with van der Waals surface area (Å²) >= 11 is 1.54. The Morgan fingerprint density at radius 2 is 2.19 bits per heavy atom. The molecule has 0 heterocycles. The lowest BCUT2D eigenvalue weighted by Gasteiger charge is -2.14. The van der Waals surface area contributed by atoms with Gasteiger partial charge in [0.05, 0.1) is 7.11 Å². The van der Waals surface area contributed by atoms with Crippen LogP contribution in [0.1, 0.15) is 12.0 Å². The number of nitrogens with one attached hydrogen (secondary N) is 2. The SMILES string of the molecule is COc1cccc(CNC(=O)N[C@H](CCSC)C(=O)O)c1. The van der Waals surface area contributed by atoms with Crippen LogP contribution in [0, 0.1) is 0 Å². The summed E-state index contributed by atoms with van der Waals surface area (Å²) in [5.74, 6) is 0.353. The molecule has 0 aliphatic carbocycles. The number of thioether (sulfide) groups is 1. The molecule has 3 N–H and O–H groups in total. The predicted molar refractivity (Wildman–Crippen MR) is 82.8 cm³/mol. The Hall–Kier alpha value is -1.89. The molecule has 0 unspecified atom stereocenters. The molecule has 0 fully saturated rings. The number of carbonyl (C=O) groups is 2. The van der Waals surface area contributed by atoms with Crippen LogP contribution in [0.2, 0.25) is 0 Å². The molecule has 2 amide bonds. The van der Waals surface area contributed by atoms with Gasteiger partial charge in [-0.1, -0.05) is 12.1 Å². The minimum absolute atomic E-state index is 0.303. The van der Waals surface area contributed by atoms with Crippen LogP contribution in [0.3, 0.4) is 0 Å². The third kappa shape index (κ3) is 6.40. The van der Waals surface area contributed by atoms with Gasteiger partial charge in [0.1, 0.15) is 11.8 Å². The number of hydrogen-bond acceptors (Lipinski definition) is 4. The zero-order valence-corrected chi connectivity index (χ0v) is 12.9. The highest BCUT2D eigenvalue weighted by Gasteiger charge is 2.18. The number of rotatable bonds is 8. The van der Waals surface area contributed by atoms with E-state index in [1.54, 1.807) is 7.11 Å². The maximum absolute atomic E-state index is 11.7. The van der Waals surface area contributed by atoms with Gasteiger partial charge < -0.3 is 20.5 Å². The fourth-order valence-electron chi connectivity index (χ4n) is 1.67. The van der Waals surface area contributed by atoms with E-state index in [1.165, 1.54) is 11.8 Å². The maximum Gasteiger partial charge on any atom is 0.326 e. The van der Waals surface area contributed by atoms with E-state index in [2.05, 4.69) is 10.6 Å². The molecule has 0 aliphatic rings. The number of aliphatic carboxylic acids is 1. The standard InChI is InChI=1S/C14H20N2O4S/c1-20-11-5-3-4-10(8-11)9-15-14(19)16-12(13(17)18)6-7-21-2/h3-5,8,12H,6-7,9H2,1-2H3,(H,17,18)(H2,15,16,19)/t12-/m1/s1. The summed E-state index contributed by atoms with van der Waals surface area (Å²) in [6.07, 6.45) is 2.28. The highest BCUT2D eigenvalue weighted by Crippen LogP contribution is 2.12. The minimum atomic E-state index is -1.03. The summed E-state index contributed by atoms with van der Waals surface area (Å²) < 4.78 is 5.09. The van der Waals surface area contributed by atoms with Crippen molar-refractivity contribution in [3.8, 4) is 5.75 Å². The molecule has 6 nitrogen and oxygen atoms in total. The zero-order chi connectivity index (χ0) is 15.7. The van der Waals surface area contributed by atoms with Crippen LogP contribution in [0.15, 0.2) is 24.3 Å². The van der Waals surface area contributed by atoms with Gasteiger partial charge in [0, 0.05) is 6.54 Å². The number of carbonyl (C=O) groups excluding carboxylic acids is 1. The van der Waals surface area contributed by atoms with Crippen molar-refractivity contribution >= 4 is 23.8 Å². The van der Waals surface area contributed by atoms with Crippen LogP contribution in [0.5, 0.6) is 5.75 Å². The third-order valence-corrected chi connectivity index (χ3v) is 3.45. The number of carboxylic acids is 1. The van der Waals surface area contributed by atoms with Crippen LogP contribution in [0.4, 0.5) is 4.79 Å². The Bertz CT molecular complexity index is 482. The molecule has 0 bridgehead atoms. The molecule has 0 aromatic heterocycles. The molecule has 0 spiro atoms. The average Bonchev–Trinajstić information content (AvgIpc) is 2.49. The zero-order valence-electron chi connectivity index (χ0n) is 12.1. The number of hydrogen-bond donors (Lipinski definition) is 3. The first-order valence-corrected chi connectivity index (χ1v) is 7.85. The lowest BCUT2D eigenvalue weighted by Crippen LogP contribution is -2.46. The van der Waals surface area contributed by atoms with E-state index in [1.807, 2.05) is 30.5 Å². The van der Waals surface area contributed by atoms with Gasteiger partial charge in [0.2, 0.25) is 0 Å². The number of amides is 2. The summed E-state index contributed by atoms with van der Waals surface area (Å²) in [7, 11) is 1.57. The first-order valence-electron chi connectivity index (χ1n) is 6.46. The molecule has 0 aliphatic heterocycles. The molecule has 116 valence electrons. The molecule has 1 aromatic rings. The highest BCUT2D eigenvalue weighted by atomic mass is 32.2. The fourth-order valence-corrected chi connectivity index (χ4v) is 2.14. The fraction of sp³-hybridized carbons (Fsp3) is 0.429. The van der Waals surface area contributed by atoms with Gasteiger partial charge in [-0.15, -0.1) is 0 Å². The van der Waals surface area contributed by atoms with Crippen molar-refractivity contribution in [3.05, 3.63) is 29.8 Å². The molecule has 0 saturated carbocycles. The lowest BCUT2D eigenvalue weighted by atomic mass is 10.2. The summed E-state index contributed by atoms with van der Waals surface area (Å²) in [5, 5.41) is 14.1. The predicted octanol–water partition coefficient (Wildman–Crippen LogP) is 1.70. The smallest absolute Gasteiger partial charge is 0.326 e. The Morgan fingerprint density at radius 3 is 2.81 bits per heavy atom. The van der Waals surface area contributed by atoms with Crippen LogP contribution < -0.4 is 15.4 Å². The molecule has 0 saturated heterocycles. The van der Waals surface area contributed by atoms with Crippen LogP contribution >= 0.6 is 11.8 Å². The van der Waals surface area contributed by atoms with Crippen molar-refractivity contribution in [1.29, 1.82) is 0 Å². The van der Waals surface area contributed by atoms with Crippen LogP contribution in [-0.2, 0) is 11.3 Å². The van der Waals surface area contributed by atoms with E-state index in [0.29, 0.717) is 24.5 Å². The van der Waals surface area contributed by atoms with E-state index in [0.717, 1.165) is 5.56 Å². The van der Waals surface area contributed by atoms with E-state index in [4.69, 9.17) is 9.84 Å². The van der Waals surface area contributed by atoms with Crippen LogP contribution in [0.25, 0.3) is 0 Å². The Labute approximate surface area is 128 Å². The average molecular weight is 312 g/mol. The topological polar surface area (TPSA) is 87.7 Å². The molecular formula is C14H20N2O4S. The van der Waals surface area contributed by atoms with Gasteiger partial charge in [-0.2, -0.15) is 11.8 Å². The molecule has 1 atom stereocenters. The van der Waals surface area contributed by atoms with Crippen molar-refractivity contribution < 1.29 is 19.4 Å². The third-order valence-electron chi connectivity index (χ3n) is 2.80. The molecule has 0 radical (unpaired) electrons. The molecular weight excluding hydrogens is 292 g/mol. The Balaban J connectivity index is 2.46. The van der Waals surface area contributed by atoms with Gasteiger partial charge >= 0.3 is 12.0 Å². The van der Waals surface area contributed by atoms with Crippen LogP contribution in [-0.4, -0.2) is 42.3 Å². The monoisotopic (exact) mass is 312 g/mol. The summed E-state index contributed by atoms with van der Waals surface area (Å²) in [5.41, 5.74) is 0.875. The second kappa shape index (κ2) is 9.12. The van der Waals surface area contributed by atoms with E-state index in [-0.39, 0.29) is 0 Å². The number of ether oxygens (including phenoxy) is 1. The second-order valence-electron chi connectivity index (χ2n) is 4.35. The normalized spacial score (nSPS) is 11.5. The van der Waals surface area contributed by atoms with Crippen molar-refractivity contribution in [2.45, 2.75) is 19.0 Å². The first kappa shape index (κ1) is 17.2. The summed E-state index contributed by atoms with van der Waals surface area (Å²) in [6.45, 7) is 0.303. The molecule has 1 aromatic carbocycles. The molecule has 7 heteroatoms. The quantitative estimate of drug-likeness (QED) is 0.680. The Morgan fingerprint density at radius 1 is 1.43 bits per heavy atom. The van der Waals surface area contributed by atoms with Gasteiger partial charge in [-0.05, 0) is 36.1 Å². The summed E-state index contributed by atoms with van der Waals surface area (Å²) in [4.78, 5) is 22.8. The van der Waals surface area contributed by atoms with E-state index < -0.39 is 18.0 Å². The number of urea groups is 1. The van der Waals surface area contributed by atoms with Crippen molar-refractivity contribution in [3.63, 3.8) is 0 Å². The van der Waals surface area contributed by atoms with Crippen molar-refractivity contribution in [2.24, 2.45) is 0 Å². The van der Waals surface area contributed by atoms with Crippen molar-refractivity contribution in [1.82, 2.24) is 10.6 Å². The van der Waals surface area contributed by atoms with E-state index >= 15 is 0 Å². The first-order chi connectivity index (χ1) is 10.1. The Kier molecular flexibility index (Phi) is 7.45. The summed E-state index contributed by atoms with van der Waals surface area (Å²) in [6, 6.07) is 5.93. The lowest BCUT2D eigenvalue weighted by molar-refractivity contribution is -0.139. The van der Waals surface area contributed by atoms with Gasteiger partial charge in [0.25, 0.3) is 0 Å². The van der Waals surface area contributed by atoms with Gasteiger partial charge in [-0.25, -0.2) is 9.59 Å². The van der Waals surface area contributed by atoms with Gasteiger partial charge in [-0.3, -0.25) is 0 Å². The number of carboxylic acid groups (broad SMARTS) is 1. The minimum Gasteiger partial charge on any atom is -0.497 e. The molecule has 1 rings (SSSR count). The highest BCUT2D eigenvalue weighted by molar-refractivity contribution is 7.98. The van der Waals surface area contributed by atoms with Crippen molar-refractivity contribution in [2.75, 3.05) is 19.1 Å². The van der Waals surface area contributed by atoms with Gasteiger partial charge in [0.15, 0.2) is 0 Å². The number of benzene rings is 1. The second-order valence-corrected chi connectivity index (χ2v) is 5.34. The number of methoxy groups -OCH3 is 1. The largest absolute Gasteiger partial charge is 0.497 e. The maximum atomic E-state index is 11.7. The molecule has 21 heavy (non-hydrogen) atoms. The van der Waals surface area contributed by atoms with E-state index in [9.17, 15) is 9.59 Å².